The van der Waals surface area contributed by atoms with Crippen molar-refractivity contribution >= 4 is 17.8 Å². The van der Waals surface area contributed by atoms with E-state index in [1.165, 1.54) is 0 Å². The first-order valence-electron chi connectivity index (χ1n) is 14.6. The van der Waals surface area contributed by atoms with Crippen molar-refractivity contribution in [2.45, 2.75) is 82.5 Å². The number of nitrogens with zero attached hydrogens (tertiary/aromatic N) is 8. The van der Waals surface area contributed by atoms with Crippen LogP contribution in [0, 0.1) is 5.41 Å². The number of amides is 2. The molecule has 40 heavy (non-hydrogen) atoms. The van der Waals surface area contributed by atoms with Gasteiger partial charge in [-0.2, -0.15) is 0 Å². The van der Waals surface area contributed by atoms with Crippen molar-refractivity contribution in [2.24, 2.45) is 5.41 Å². The van der Waals surface area contributed by atoms with Crippen LogP contribution in [0.25, 0.3) is 0 Å². The lowest BCUT2D eigenvalue weighted by Crippen LogP contribution is -2.56. The fourth-order valence-electron chi connectivity index (χ4n) is 6.13. The lowest BCUT2D eigenvalue weighted by molar-refractivity contribution is -0.144. The Kier molecular flexibility index (Phi) is 7.02. The van der Waals surface area contributed by atoms with Crippen LogP contribution in [0.4, 0.5) is 5.95 Å². The van der Waals surface area contributed by atoms with Crippen LogP contribution in [0.2, 0.25) is 0 Å². The number of carbonyl (C=O) groups excluding carboxylic acids is 2. The van der Waals surface area contributed by atoms with Crippen molar-refractivity contribution in [3.63, 3.8) is 0 Å². The molecule has 0 aromatic carbocycles. The Morgan fingerprint density at radius 2 is 1.82 bits per heavy atom. The maximum absolute atomic E-state index is 14.0. The molecule has 12 heteroatoms. The number of piperazine rings is 1. The molecule has 2 aliphatic heterocycles. The van der Waals surface area contributed by atoms with E-state index in [0.29, 0.717) is 5.92 Å². The third-order valence-corrected chi connectivity index (χ3v) is 8.68. The first-order chi connectivity index (χ1) is 19.1. The molecule has 2 N–H and O–H groups in total. The number of aliphatic hydroxyl groups is 1. The van der Waals surface area contributed by atoms with Crippen LogP contribution in [0.1, 0.15) is 70.5 Å². The number of hydrogen-bond acceptors (Lipinski definition) is 9. The molecule has 0 spiro atoms. The molecule has 2 saturated carbocycles. The molecule has 4 aliphatic rings. The van der Waals surface area contributed by atoms with Gasteiger partial charge >= 0.3 is 0 Å². The van der Waals surface area contributed by atoms with E-state index in [1.807, 2.05) is 33.0 Å². The third kappa shape index (κ3) is 5.69. The van der Waals surface area contributed by atoms with Crippen LogP contribution in [0.15, 0.2) is 24.7 Å². The van der Waals surface area contributed by atoms with E-state index < -0.39 is 23.6 Å². The zero-order valence-corrected chi connectivity index (χ0v) is 23.7. The number of nitrogens with one attached hydrogen (secondary N) is 1. The number of carbonyl (C=O) groups is 2. The van der Waals surface area contributed by atoms with Crippen molar-refractivity contribution in [1.29, 1.82) is 0 Å². The predicted octanol–water partition coefficient (Wildman–Crippen LogP) is 0.966. The van der Waals surface area contributed by atoms with Gasteiger partial charge in [0, 0.05) is 70.2 Å². The summed E-state index contributed by atoms with van der Waals surface area (Å²) in [6.45, 7) is 10.3. The molecule has 4 heterocycles. The fraction of sp³-hybridized carbons (Fsp3) is 0.714. The second-order valence-electron chi connectivity index (χ2n) is 13.1. The smallest absolute Gasteiger partial charge is 0.248 e. The van der Waals surface area contributed by atoms with Gasteiger partial charge in [0.05, 0.1) is 17.3 Å². The van der Waals surface area contributed by atoms with Crippen molar-refractivity contribution in [3.05, 3.63) is 30.4 Å². The largest absolute Gasteiger partial charge is 0.391 e. The van der Waals surface area contributed by atoms with Gasteiger partial charge in [0.1, 0.15) is 12.1 Å². The van der Waals surface area contributed by atoms with E-state index in [4.69, 9.17) is 0 Å². The minimum absolute atomic E-state index is 0.143. The van der Waals surface area contributed by atoms with Crippen LogP contribution in [-0.2, 0) is 9.59 Å². The van der Waals surface area contributed by atoms with Crippen LogP contribution >= 0.6 is 0 Å². The van der Waals surface area contributed by atoms with Crippen molar-refractivity contribution in [3.8, 4) is 0 Å². The van der Waals surface area contributed by atoms with Gasteiger partial charge in [-0.1, -0.05) is 26.0 Å². The number of aliphatic hydroxyl groups excluding tert-OH is 1. The Labute approximate surface area is 235 Å². The van der Waals surface area contributed by atoms with E-state index in [9.17, 15) is 14.7 Å². The Morgan fingerprint density at radius 3 is 2.45 bits per heavy atom. The monoisotopic (exact) mass is 551 g/mol. The molecule has 2 aromatic heterocycles. The van der Waals surface area contributed by atoms with E-state index in [1.54, 1.807) is 22.0 Å². The van der Waals surface area contributed by atoms with E-state index in [2.05, 4.69) is 35.4 Å². The Balaban J connectivity index is 1.10. The number of hydrogen-bond donors (Lipinski definition) is 2. The maximum atomic E-state index is 14.0. The zero-order chi connectivity index (χ0) is 28.1. The molecule has 3 atom stereocenters. The number of aromatic nitrogens is 5. The van der Waals surface area contributed by atoms with Gasteiger partial charge in [-0.3, -0.25) is 14.5 Å². The van der Waals surface area contributed by atoms with E-state index in [-0.39, 0.29) is 30.3 Å². The average Bonchev–Trinajstić information content (AvgIpc) is 3.82. The number of rotatable bonds is 8. The summed E-state index contributed by atoms with van der Waals surface area (Å²) < 4.78 is 1.66. The summed E-state index contributed by atoms with van der Waals surface area (Å²) in [6, 6.07) is 0.497. The highest BCUT2D eigenvalue weighted by atomic mass is 16.3. The first kappa shape index (κ1) is 27.1. The number of anilines is 1. The molecule has 2 aliphatic carbocycles. The highest BCUT2D eigenvalue weighted by Gasteiger charge is 2.50. The highest BCUT2D eigenvalue weighted by molar-refractivity contribution is 5.90. The molecule has 216 valence electrons. The van der Waals surface area contributed by atoms with Crippen LogP contribution in [0.5, 0.6) is 0 Å². The molecule has 12 nitrogen and oxygen atoms in total. The summed E-state index contributed by atoms with van der Waals surface area (Å²) in [5, 5.41) is 22.5. The normalized spacial score (nSPS) is 25.6. The summed E-state index contributed by atoms with van der Waals surface area (Å²) in [7, 11) is 0. The molecule has 2 unspecified atom stereocenters. The summed E-state index contributed by atoms with van der Waals surface area (Å²) in [6.07, 6.45) is 8.95. The summed E-state index contributed by atoms with van der Waals surface area (Å²) in [5.74, 6) is 0.814. The van der Waals surface area contributed by atoms with Gasteiger partial charge in [0.25, 0.3) is 0 Å². The molecule has 4 fully saturated rings. The zero-order valence-electron chi connectivity index (χ0n) is 23.7. The van der Waals surface area contributed by atoms with Crippen molar-refractivity contribution < 1.29 is 14.7 Å². The summed E-state index contributed by atoms with van der Waals surface area (Å²) in [4.78, 5) is 42.5. The van der Waals surface area contributed by atoms with Crippen LogP contribution < -0.4 is 10.2 Å². The lowest BCUT2D eigenvalue weighted by atomic mass is 9.85. The minimum Gasteiger partial charge on any atom is -0.391 e. The summed E-state index contributed by atoms with van der Waals surface area (Å²) >= 11 is 0. The Morgan fingerprint density at radius 1 is 1.12 bits per heavy atom. The second kappa shape index (κ2) is 10.4. The third-order valence-electron chi connectivity index (χ3n) is 8.68. The lowest BCUT2D eigenvalue weighted by Gasteiger charge is -2.37. The quantitative estimate of drug-likeness (QED) is 0.492. The molecule has 6 rings (SSSR count). The molecule has 2 aromatic rings. The first-order valence-corrected chi connectivity index (χ1v) is 14.6. The molecule has 0 bridgehead atoms. The van der Waals surface area contributed by atoms with E-state index >= 15 is 0 Å². The van der Waals surface area contributed by atoms with Gasteiger partial charge < -0.3 is 20.2 Å². The predicted molar refractivity (Wildman–Crippen MR) is 147 cm³/mol. The minimum atomic E-state index is -0.735. The van der Waals surface area contributed by atoms with Crippen LogP contribution in [0.3, 0.4) is 0 Å². The topological polar surface area (TPSA) is 133 Å². The molecular weight excluding hydrogens is 510 g/mol. The van der Waals surface area contributed by atoms with Gasteiger partial charge in [0.15, 0.2) is 0 Å². The van der Waals surface area contributed by atoms with Crippen molar-refractivity contribution in [1.82, 2.24) is 40.1 Å². The van der Waals surface area contributed by atoms with Crippen LogP contribution in [-0.4, -0.2) is 109 Å². The number of likely N-dealkylation sites (tertiary alicyclic amines) is 1. The van der Waals surface area contributed by atoms with Gasteiger partial charge in [-0.15, -0.1) is 5.10 Å². The van der Waals surface area contributed by atoms with Gasteiger partial charge in [-0.05, 0) is 37.2 Å². The summed E-state index contributed by atoms with van der Waals surface area (Å²) in [5.41, 5.74) is 0.190. The van der Waals surface area contributed by atoms with E-state index in [0.717, 1.165) is 70.0 Å². The highest BCUT2D eigenvalue weighted by Crippen LogP contribution is 2.41. The molecule has 2 amide bonds. The van der Waals surface area contributed by atoms with Gasteiger partial charge in [0.2, 0.25) is 17.8 Å². The Bertz CT molecular complexity index is 1210. The SMILES string of the molecule is CC(C)(C)[C@@H](C(=O)N1CC(O)CC1C(=O)NC1(CN2CCN(c3ncccn3)CC2)CC1)n1cc(C2CC2)nn1. The number of β-amino-alcohol motifs (C(OH)–C–C–N with tert-alkyl or cyclic N) is 1. The van der Waals surface area contributed by atoms with Crippen molar-refractivity contribution in [2.75, 3.05) is 44.2 Å². The van der Waals surface area contributed by atoms with Gasteiger partial charge in [-0.25, -0.2) is 14.6 Å². The molecule has 2 saturated heterocycles. The standard InChI is InChI=1S/C28H41N9O3/c1-27(2,3)23(37-17-21(32-33-37)19-5-6-19)25(40)36-16-20(38)15-22(36)24(39)31-28(7-8-28)18-34-11-13-35(14-12-34)26-29-9-4-10-30-26/h4,9-10,17,19-20,22-23,38H,5-8,11-16,18H2,1-3H3,(H,31,39)/t20?,22?,23-/m1/s1. The maximum Gasteiger partial charge on any atom is 0.248 e. The average molecular weight is 552 g/mol. The molecular formula is C28H41N9O3. The molecule has 0 radical (unpaired) electrons. The second-order valence-corrected chi connectivity index (χ2v) is 13.1. The Hall–Kier alpha value is -3.12. The fourth-order valence-corrected chi connectivity index (χ4v) is 6.13.